The smallest absolute Gasteiger partial charge is 0.00967 e. The molecule has 0 heterocycles. The number of rotatable bonds is 9. The average Bonchev–Trinajstić information content (AvgIpc) is 3.30. The van der Waals surface area contributed by atoms with Crippen LogP contribution in [0.25, 0.3) is 0 Å². The predicted octanol–water partition coefficient (Wildman–Crippen LogP) is 3.42. The number of nitrogens with zero attached hydrogens (tertiary/aromatic N) is 1. The molecule has 0 aromatic heterocycles. The first-order chi connectivity index (χ1) is 9.31. The molecule has 0 spiro atoms. The molecule has 0 atom stereocenters. The largest absolute Gasteiger partial charge is 0.316 e. The van der Waals surface area contributed by atoms with Crippen molar-refractivity contribution in [2.45, 2.75) is 70.8 Å². The van der Waals surface area contributed by atoms with Crippen LogP contribution in [0.3, 0.4) is 0 Å². The Morgan fingerprint density at radius 2 is 1.84 bits per heavy atom. The molecule has 0 bridgehead atoms. The van der Waals surface area contributed by atoms with Gasteiger partial charge >= 0.3 is 0 Å². The van der Waals surface area contributed by atoms with Crippen LogP contribution < -0.4 is 5.32 Å². The molecule has 2 heteroatoms. The van der Waals surface area contributed by atoms with E-state index in [2.05, 4.69) is 17.1 Å². The summed E-state index contributed by atoms with van der Waals surface area (Å²) in [6.07, 6.45) is 13.1. The Morgan fingerprint density at radius 1 is 1.11 bits per heavy atom. The van der Waals surface area contributed by atoms with Gasteiger partial charge < -0.3 is 5.32 Å². The van der Waals surface area contributed by atoms with Crippen molar-refractivity contribution < 1.29 is 0 Å². The minimum atomic E-state index is 0.618. The molecule has 19 heavy (non-hydrogen) atoms. The summed E-state index contributed by atoms with van der Waals surface area (Å²) in [7, 11) is 0. The highest BCUT2D eigenvalue weighted by Gasteiger charge is 2.40. The molecule has 0 aromatic rings. The van der Waals surface area contributed by atoms with Gasteiger partial charge in [0.1, 0.15) is 0 Å². The van der Waals surface area contributed by atoms with Gasteiger partial charge in [-0.15, -0.1) is 0 Å². The van der Waals surface area contributed by atoms with E-state index in [0.717, 1.165) is 12.0 Å². The van der Waals surface area contributed by atoms with E-state index in [0.29, 0.717) is 5.41 Å². The van der Waals surface area contributed by atoms with Gasteiger partial charge in [-0.1, -0.05) is 19.8 Å². The summed E-state index contributed by atoms with van der Waals surface area (Å²) in [4.78, 5) is 2.89. The number of hydrogen-bond donors (Lipinski definition) is 1. The van der Waals surface area contributed by atoms with E-state index >= 15 is 0 Å². The molecule has 110 valence electrons. The molecule has 3 saturated carbocycles. The first-order valence-electron chi connectivity index (χ1n) is 8.76. The summed E-state index contributed by atoms with van der Waals surface area (Å²) < 4.78 is 0. The lowest BCUT2D eigenvalue weighted by Crippen LogP contribution is -2.44. The second-order valence-electron chi connectivity index (χ2n) is 7.49. The first-order valence-corrected chi connectivity index (χ1v) is 8.76. The lowest BCUT2D eigenvalue weighted by atomic mass is 9.85. The summed E-state index contributed by atoms with van der Waals surface area (Å²) in [5, 5.41) is 3.72. The molecule has 0 aromatic carbocycles. The summed E-state index contributed by atoms with van der Waals surface area (Å²) in [6.45, 7) is 7.56. The second kappa shape index (κ2) is 6.13. The molecular weight excluding hydrogens is 232 g/mol. The Morgan fingerprint density at radius 3 is 2.42 bits per heavy atom. The maximum Gasteiger partial charge on any atom is 0.00967 e. The van der Waals surface area contributed by atoms with Gasteiger partial charge in [-0.3, -0.25) is 4.90 Å². The number of hydrogen-bond acceptors (Lipinski definition) is 2. The Kier molecular flexibility index (Phi) is 4.48. The van der Waals surface area contributed by atoms with E-state index in [-0.39, 0.29) is 0 Å². The van der Waals surface area contributed by atoms with Crippen LogP contribution in [0, 0.1) is 11.3 Å². The fourth-order valence-corrected chi connectivity index (χ4v) is 3.89. The van der Waals surface area contributed by atoms with E-state index < -0.39 is 0 Å². The highest BCUT2D eigenvalue weighted by atomic mass is 15.2. The quantitative estimate of drug-likeness (QED) is 0.642. The average molecular weight is 264 g/mol. The maximum atomic E-state index is 3.72. The van der Waals surface area contributed by atoms with Gasteiger partial charge in [-0.2, -0.15) is 0 Å². The maximum absolute atomic E-state index is 3.72. The Hall–Kier alpha value is -0.0800. The predicted molar refractivity (Wildman–Crippen MR) is 81.4 cm³/mol. The molecule has 1 N–H and O–H groups in total. The van der Waals surface area contributed by atoms with E-state index in [4.69, 9.17) is 0 Å². The van der Waals surface area contributed by atoms with Crippen LogP contribution >= 0.6 is 0 Å². The third-order valence-corrected chi connectivity index (χ3v) is 5.38. The van der Waals surface area contributed by atoms with Crippen LogP contribution in [-0.4, -0.2) is 37.1 Å². The molecule has 3 aliphatic rings. The van der Waals surface area contributed by atoms with Gasteiger partial charge in [-0.25, -0.2) is 0 Å². The zero-order chi connectivity index (χ0) is 13.1. The molecule has 0 saturated heterocycles. The third kappa shape index (κ3) is 3.95. The van der Waals surface area contributed by atoms with Gasteiger partial charge in [0.15, 0.2) is 0 Å². The molecule has 2 nitrogen and oxygen atoms in total. The highest BCUT2D eigenvalue weighted by molar-refractivity contribution is 4.95. The van der Waals surface area contributed by atoms with Crippen LogP contribution in [-0.2, 0) is 0 Å². The third-order valence-electron chi connectivity index (χ3n) is 5.38. The SMILES string of the molecule is CCCNCC1(CN(CC2CC2)C2CC2)CCCC1. The standard InChI is InChI=1S/C17H32N2/c1-2-11-18-13-17(9-3-4-10-17)14-19(16-7-8-16)12-15-5-6-15/h15-16,18H,2-14H2,1H3. The van der Waals surface area contributed by atoms with Gasteiger partial charge in [0.2, 0.25) is 0 Å². The Bertz CT molecular complexity index is 275. The Balaban J connectivity index is 1.55. The van der Waals surface area contributed by atoms with Crippen molar-refractivity contribution >= 4 is 0 Å². The van der Waals surface area contributed by atoms with Crippen molar-refractivity contribution in [3.05, 3.63) is 0 Å². The lowest BCUT2D eigenvalue weighted by Gasteiger charge is -2.36. The second-order valence-corrected chi connectivity index (χ2v) is 7.49. The van der Waals surface area contributed by atoms with Crippen LogP contribution in [0.1, 0.15) is 64.7 Å². The van der Waals surface area contributed by atoms with Crippen molar-refractivity contribution in [2.24, 2.45) is 11.3 Å². The monoisotopic (exact) mass is 264 g/mol. The number of nitrogens with one attached hydrogen (secondary N) is 1. The van der Waals surface area contributed by atoms with Gasteiger partial charge in [0, 0.05) is 25.7 Å². The van der Waals surface area contributed by atoms with Crippen LogP contribution in [0.4, 0.5) is 0 Å². The fraction of sp³-hybridized carbons (Fsp3) is 1.00. The molecule has 3 aliphatic carbocycles. The summed E-state index contributed by atoms with van der Waals surface area (Å²) in [6, 6.07) is 0.962. The normalized spacial score (nSPS) is 26.2. The van der Waals surface area contributed by atoms with Crippen molar-refractivity contribution in [3.8, 4) is 0 Å². The van der Waals surface area contributed by atoms with Crippen molar-refractivity contribution in [3.63, 3.8) is 0 Å². The molecule has 0 aliphatic heterocycles. The summed E-state index contributed by atoms with van der Waals surface area (Å²) in [5.74, 6) is 1.06. The van der Waals surface area contributed by atoms with Crippen LogP contribution in [0.5, 0.6) is 0 Å². The van der Waals surface area contributed by atoms with Crippen molar-refractivity contribution in [1.82, 2.24) is 10.2 Å². The molecule has 0 radical (unpaired) electrons. The van der Waals surface area contributed by atoms with E-state index in [9.17, 15) is 0 Å². The van der Waals surface area contributed by atoms with Crippen LogP contribution in [0.2, 0.25) is 0 Å². The zero-order valence-electron chi connectivity index (χ0n) is 12.8. The van der Waals surface area contributed by atoms with Crippen LogP contribution in [0.15, 0.2) is 0 Å². The molecule has 3 rings (SSSR count). The fourth-order valence-electron chi connectivity index (χ4n) is 3.89. The van der Waals surface area contributed by atoms with Crippen molar-refractivity contribution in [2.75, 3.05) is 26.2 Å². The van der Waals surface area contributed by atoms with E-state index in [1.54, 1.807) is 0 Å². The summed E-state index contributed by atoms with van der Waals surface area (Å²) >= 11 is 0. The summed E-state index contributed by atoms with van der Waals surface area (Å²) in [5.41, 5.74) is 0.618. The van der Waals surface area contributed by atoms with E-state index in [1.807, 2.05) is 0 Å². The minimum Gasteiger partial charge on any atom is -0.316 e. The molecular formula is C17H32N2. The minimum absolute atomic E-state index is 0.618. The highest BCUT2D eigenvalue weighted by Crippen LogP contribution is 2.42. The van der Waals surface area contributed by atoms with E-state index in [1.165, 1.54) is 84.0 Å². The van der Waals surface area contributed by atoms with Gasteiger partial charge in [0.25, 0.3) is 0 Å². The molecule has 0 unspecified atom stereocenters. The first kappa shape index (κ1) is 13.9. The molecule has 3 fully saturated rings. The topological polar surface area (TPSA) is 15.3 Å². The lowest BCUT2D eigenvalue weighted by molar-refractivity contribution is 0.137. The zero-order valence-corrected chi connectivity index (χ0v) is 12.8. The Labute approximate surface area is 119 Å². The van der Waals surface area contributed by atoms with Crippen molar-refractivity contribution in [1.29, 1.82) is 0 Å². The van der Waals surface area contributed by atoms with Gasteiger partial charge in [0.05, 0.1) is 0 Å². The molecule has 0 amide bonds. The van der Waals surface area contributed by atoms with Gasteiger partial charge in [-0.05, 0) is 62.8 Å².